The highest BCUT2D eigenvalue weighted by Crippen LogP contribution is 2.25. The number of fused-ring (bicyclic) bond motifs is 1. The second-order valence-electron chi connectivity index (χ2n) is 6.65. The van der Waals surface area contributed by atoms with E-state index in [9.17, 15) is 4.79 Å². The Morgan fingerprint density at radius 3 is 2.83 bits per heavy atom. The molecule has 4 rings (SSSR count). The molecule has 1 fully saturated rings. The number of nitrogens with one attached hydrogen (secondary N) is 2. The Kier molecular flexibility index (Phi) is 3.92. The first-order chi connectivity index (χ1) is 11.7. The van der Waals surface area contributed by atoms with Gasteiger partial charge in [-0.2, -0.15) is 10.2 Å². The van der Waals surface area contributed by atoms with Crippen molar-refractivity contribution < 1.29 is 4.79 Å². The van der Waals surface area contributed by atoms with Crippen LogP contribution in [0.25, 0.3) is 0 Å². The Balaban J connectivity index is 1.35. The summed E-state index contributed by atoms with van der Waals surface area (Å²) in [6.45, 7) is 3.42. The second-order valence-corrected chi connectivity index (χ2v) is 6.65. The quantitative estimate of drug-likeness (QED) is 0.897. The van der Waals surface area contributed by atoms with Crippen LogP contribution in [0, 0.1) is 6.92 Å². The number of hydrogen-bond acceptors (Lipinski definition) is 5. The van der Waals surface area contributed by atoms with Gasteiger partial charge in [-0.3, -0.25) is 9.89 Å². The summed E-state index contributed by atoms with van der Waals surface area (Å²) in [4.78, 5) is 14.6. The van der Waals surface area contributed by atoms with E-state index in [0.29, 0.717) is 11.7 Å². The molecule has 1 amide bonds. The van der Waals surface area contributed by atoms with Crippen molar-refractivity contribution in [3.05, 3.63) is 34.8 Å². The van der Waals surface area contributed by atoms with Crippen molar-refractivity contribution in [2.45, 2.75) is 45.1 Å². The van der Waals surface area contributed by atoms with Gasteiger partial charge in [-0.05, 0) is 51.2 Å². The molecule has 7 heteroatoms. The minimum atomic E-state index is 0.0722. The van der Waals surface area contributed by atoms with Crippen molar-refractivity contribution in [2.75, 3.05) is 18.4 Å². The maximum Gasteiger partial charge on any atom is 0.274 e. The molecule has 1 aliphatic carbocycles. The number of aromatic nitrogens is 4. The summed E-state index contributed by atoms with van der Waals surface area (Å²) in [5.41, 5.74) is 3.83. The second kappa shape index (κ2) is 6.22. The summed E-state index contributed by atoms with van der Waals surface area (Å²) >= 11 is 0. The molecule has 0 radical (unpaired) electrons. The number of amides is 1. The predicted molar refractivity (Wildman–Crippen MR) is 89.9 cm³/mol. The topological polar surface area (TPSA) is 86.8 Å². The molecule has 126 valence electrons. The molecule has 0 atom stereocenters. The van der Waals surface area contributed by atoms with Gasteiger partial charge in [0.1, 0.15) is 5.82 Å². The Labute approximate surface area is 140 Å². The largest absolute Gasteiger partial charge is 0.366 e. The third-order valence-corrected chi connectivity index (χ3v) is 4.94. The number of rotatable bonds is 3. The molecule has 0 unspecified atom stereocenters. The molecule has 0 bridgehead atoms. The van der Waals surface area contributed by atoms with E-state index in [1.165, 1.54) is 0 Å². The van der Waals surface area contributed by atoms with Crippen molar-refractivity contribution in [1.82, 2.24) is 25.3 Å². The standard InChI is InChI=1S/C17H22N6O/c1-11-5-6-15(21-19-11)18-12-7-9-23(10-8-12)17(24)16-13-3-2-4-14(13)20-22-16/h5-6,12H,2-4,7-10H2,1H3,(H,18,21)(H,20,22). The van der Waals surface area contributed by atoms with E-state index in [4.69, 9.17) is 0 Å². The van der Waals surface area contributed by atoms with E-state index >= 15 is 0 Å². The molecular weight excluding hydrogens is 304 g/mol. The summed E-state index contributed by atoms with van der Waals surface area (Å²) in [5.74, 6) is 0.874. The summed E-state index contributed by atoms with van der Waals surface area (Å²) in [7, 11) is 0. The normalized spacial score (nSPS) is 17.8. The smallest absolute Gasteiger partial charge is 0.274 e. The van der Waals surface area contributed by atoms with E-state index in [2.05, 4.69) is 25.7 Å². The predicted octanol–water partition coefficient (Wildman–Crippen LogP) is 1.71. The third-order valence-electron chi connectivity index (χ3n) is 4.94. The Morgan fingerprint density at radius 1 is 1.25 bits per heavy atom. The Hall–Kier alpha value is -2.44. The van der Waals surface area contributed by atoms with E-state index in [0.717, 1.165) is 68.0 Å². The number of H-pyrrole nitrogens is 1. The number of anilines is 1. The number of piperidine rings is 1. The lowest BCUT2D eigenvalue weighted by molar-refractivity contribution is 0.0711. The van der Waals surface area contributed by atoms with Crippen molar-refractivity contribution in [1.29, 1.82) is 0 Å². The lowest BCUT2D eigenvalue weighted by Crippen LogP contribution is -2.42. The average molecular weight is 326 g/mol. The van der Waals surface area contributed by atoms with Crippen LogP contribution in [0.1, 0.15) is 46.7 Å². The Bertz CT molecular complexity index is 730. The van der Waals surface area contributed by atoms with Gasteiger partial charge in [-0.15, -0.1) is 5.10 Å². The number of likely N-dealkylation sites (tertiary alicyclic amines) is 1. The molecule has 24 heavy (non-hydrogen) atoms. The third kappa shape index (κ3) is 2.86. The van der Waals surface area contributed by atoms with Gasteiger partial charge in [0.05, 0.1) is 5.69 Å². The molecule has 7 nitrogen and oxygen atoms in total. The van der Waals surface area contributed by atoms with Gasteiger partial charge in [0.25, 0.3) is 5.91 Å². The summed E-state index contributed by atoms with van der Waals surface area (Å²) < 4.78 is 0. The molecule has 2 N–H and O–H groups in total. The molecule has 1 saturated heterocycles. The van der Waals surface area contributed by atoms with Gasteiger partial charge < -0.3 is 10.2 Å². The van der Waals surface area contributed by atoms with E-state index < -0.39 is 0 Å². The number of aryl methyl sites for hydroxylation is 2. The van der Waals surface area contributed by atoms with Crippen LogP contribution in [0.5, 0.6) is 0 Å². The number of nitrogens with zero attached hydrogens (tertiary/aromatic N) is 4. The zero-order valence-electron chi connectivity index (χ0n) is 13.9. The van der Waals surface area contributed by atoms with E-state index in [1.54, 1.807) is 0 Å². The fourth-order valence-corrected chi connectivity index (χ4v) is 3.56. The zero-order chi connectivity index (χ0) is 16.5. The molecule has 0 aromatic carbocycles. The molecule has 1 aliphatic heterocycles. The van der Waals surface area contributed by atoms with Crippen molar-refractivity contribution in [3.8, 4) is 0 Å². The molecule has 0 spiro atoms. The van der Waals surface area contributed by atoms with Gasteiger partial charge in [-0.25, -0.2) is 0 Å². The number of carbonyl (C=O) groups excluding carboxylic acids is 1. The van der Waals surface area contributed by atoms with Crippen LogP contribution >= 0.6 is 0 Å². The van der Waals surface area contributed by atoms with Crippen LogP contribution in [0.3, 0.4) is 0 Å². The minimum absolute atomic E-state index is 0.0722. The molecule has 2 aromatic heterocycles. The Morgan fingerprint density at radius 2 is 2.08 bits per heavy atom. The molecule has 0 saturated carbocycles. The van der Waals surface area contributed by atoms with E-state index in [1.807, 2.05) is 24.0 Å². The first-order valence-corrected chi connectivity index (χ1v) is 8.63. The minimum Gasteiger partial charge on any atom is -0.366 e. The number of carbonyl (C=O) groups is 1. The van der Waals surface area contributed by atoms with Crippen LogP contribution in [-0.4, -0.2) is 50.3 Å². The van der Waals surface area contributed by atoms with Crippen molar-refractivity contribution in [3.63, 3.8) is 0 Å². The number of hydrogen-bond donors (Lipinski definition) is 2. The van der Waals surface area contributed by atoms with Crippen molar-refractivity contribution >= 4 is 11.7 Å². The summed E-state index contributed by atoms with van der Waals surface area (Å²) in [6.07, 6.45) is 4.92. The van der Waals surface area contributed by atoms with Crippen LogP contribution in [0.15, 0.2) is 12.1 Å². The molecule has 2 aliphatic rings. The van der Waals surface area contributed by atoms with Gasteiger partial charge in [0, 0.05) is 30.4 Å². The molecule has 3 heterocycles. The maximum atomic E-state index is 12.7. The van der Waals surface area contributed by atoms with Gasteiger partial charge >= 0.3 is 0 Å². The first-order valence-electron chi connectivity index (χ1n) is 8.63. The highest BCUT2D eigenvalue weighted by atomic mass is 16.2. The van der Waals surface area contributed by atoms with Crippen LogP contribution < -0.4 is 5.32 Å². The highest BCUT2D eigenvalue weighted by molar-refractivity contribution is 5.94. The highest BCUT2D eigenvalue weighted by Gasteiger charge is 2.29. The van der Waals surface area contributed by atoms with Gasteiger partial charge in [0.15, 0.2) is 5.69 Å². The summed E-state index contributed by atoms with van der Waals surface area (Å²) in [5, 5.41) is 18.9. The lowest BCUT2D eigenvalue weighted by Gasteiger charge is -2.32. The number of aromatic amines is 1. The fraction of sp³-hybridized carbons (Fsp3) is 0.529. The SMILES string of the molecule is Cc1ccc(NC2CCN(C(=O)c3n[nH]c4c3CCC4)CC2)nn1. The van der Waals surface area contributed by atoms with Gasteiger partial charge in [-0.1, -0.05) is 0 Å². The van der Waals surface area contributed by atoms with Crippen molar-refractivity contribution in [2.24, 2.45) is 0 Å². The van der Waals surface area contributed by atoms with Crippen LogP contribution in [-0.2, 0) is 12.8 Å². The summed E-state index contributed by atoms with van der Waals surface area (Å²) in [6, 6.07) is 4.23. The first kappa shape index (κ1) is 15.1. The van der Waals surface area contributed by atoms with Crippen LogP contribution in [0.4, 0.5) is 5.82 Å². The fourth-order valence-electron chi connectivity index (χ4n) is 3.56. The monoisotopic (exact) mass is 326 g/mol. The zero-order valence-corrected chi connectivity index (χ0v) is 13.9. The van der Waals surface area contributed by atoms with Crippen LogP contribution in [0.2, 0.25) is 0 Å². The molecular formula is C17H22N6O. The maximum absolute atomic E-state index is 12.7. The van der Waals surface area contributed by atoms with E-state index in [-0.39, 0.29) is 5.91 Å². The average Bonchev–Trinajstić information content (AvgIpc) is 3.20. The lowest BCUT2D eigenvalue weighted by atomic mass is 10.0. The van der Waals surface area contributed by atoms with Gasteiger partial charge in [0.2, 0.25) is 0 Å². The molecule has 2 aromatic rings.